The fourth-order valence-electron chi connectivity index (χ4n) is 2.29. The van der Waals surface area contributed by atoms with Gasteiger partial charge in [-0.2, -0.15) is 0 Å². The summed E-state index contributed by atoms with van der Waals surface area (Å²) in [5.74, 6) is 1.42. The van der Waals surface area contributed by atoms with E-state index in [9.17, 15) is 0 Å². The Kier molecular flexibility index (Phi) is 6.09. The third-order valence-corrected chi connectivity index (χ3v) is 5.26. The fraction of sp³-hybridized carbons (Fsp3) is 0.111. The molecule has 2 aromatic carbocycles. The standard InChI is InChI=1S/C18H14Cl2N2O2S2/c1-23-14-4-3-10(15(9-14)24-2)5-16-17(25)22-18(26-16)21-13-7-11(19)6-12(20)8-13/h3-9H,1-2H3,(H,21,22,25)/b16-5-. The van der Waals surface area contributed by atoms with Crippen LogP contribution in [0.15, 0.2) is 46.3 Å². The van der Waals surface area contributed by atoms with Crippen LogP contribution in [0.25, 0.3) is 6.08 Å². The molecule has 0 saturated carbocycles. The summed E-state index contributed by atoms with van der Waals surface area (Å²) < 4.78 is 10.6. The average molecular weight is 425 g/mol. The summed E-state index contributed by atoms with van der Waals surface area (Å²) in [5, 5.41) is 4.93. The number of thiocarbonyl (C=S) groups is 1. The summed E-state index contributed by atoms with van der Waals surface area (Å²) in [6.45, 7) is 0. The van der Waals surface area contributed by atoms with Crippen molar-refractivity contribution in [1.29, 1.82) is 0 Å². The monoisotopic (exact) mass is 424 g/mol. The minimum atomic E-state index is 0.503. The van der Waals surface area contributed by atoms with Crippen LogP contribution in [0.4, 0.5) is 5.69 Å². The summed E-state index contributed by atoms with van der Waals surface area (Å²) >= 11 is 18.9. The molecular weight excluding hydrogens is 411 g/mol. The number of thioether (sulfide) groups is 1. The second kappa shape index (κ2) is 8.31. The van der Waals surface area contributed by atoms with Crippen molar-refractivity contribution in [2.24, 2.45) is 4.99 Å². The van der Waals surface area contributed by atoms with Gasteiger partial charge in [-0.3, -0.25) is 0 Å². The van der Waals surface area contributed by atoms with Crippen LogP contribution in [0.5, 0.6) is 11.5 Å². The zero-order valence-corrected chi connectivity index (χ0v) is 17.0. The molecule has 8 heteroatoms. The van der Waals surface area contributed by atoms with E-state index in [4.69, 9.17) is 44.9 Å². The van der Waals surface area contributed by atoms with Crippen LogP contribution >= 0.6 is 47.2 Å². The number of anilines is 1. The van der Waals surface area contributed by atoms with Gasteiger partial charge in [-0.05, 0) is 48.2 Å². The van der Waals surface area contributed by atoms with E-state index in [1.165, 1.54) is 11.8 Å². The van der Waals surface area contributed by atoms with Crippen LogP contribution in [0.3, 0.4) is 0 Å². The van der Waals surface area contributed by atoms with E-state index in [-0.39, 0.29) is 0 Å². The van der Waals surface area contributed by atoms with Gasteiger partial charge in [-0.25, -0.2) is 4.99 Å². The Morgan fingerprint density at radius 1 is 1.08 bits per heavy atom. The summed E-state index contributed by atoms with van der Waals surface area (Å²) in [6, 6.07) is 10.8. The number of benzene rings is 2. The molecule has 0 bridgehead atoms. The molecular formula is C18H14Cl2N2O2S2. The number of halogens is 2. The molecule has 1 aliphatic rings. The minimum Gasteiger partial charge on any atom is -0.497 e. The summed E-state index contributed by atoms with van der Waals surface area (Å²) in [5.41, 5.74) is 1.64. The van der Waals surface area contributed by atoms with Crippen molar-refractivity contribution < 1.29 is 9.47 Å². The molecule has 0 amide bonds. The normalized spacial score (nSPS) is 15.2. The van der Waals surface area contributed by atoms with Gasteiger partial charge in [0.25, 0.3) is 0 Å². The van der Waals surface area contributed by atoms with Crippen molar-refractivity contribution in [2.45, 2.75) is 0 Å². The van der Waals surface area contributed by atoms with Gasteiger partial charge in [-0.1, -0.05) is 35.4 Å². The highest BCUT2D eigenvalue weighted by atomic mass is 35.5. The number of nitrogens with zero attached hydrogens (tertiary/aromatic N) is 1. The zero-order chi connectivity index (χ0) is 18.7. The molecule has 0 atom stereocenters. The molecule has 0 aliphatic carbocycles. The van der Waals surface area contributed by atoms with Crippen LogP contribution in [0.1, 0.15) is 5.56 Å². The lowest BCUT2D eigenvalue weighted by Crippen LogP contribution is -2.04. The SMILES string of the molecule is COc1ccc(/C=C2\SC(Nc3cc(Cl)cc(Cl)c3)=NC2=S)c(OC)c1. The lowest BCUT2D eigenvalue weighted by Gasteiger charge is -2.08. The maximum absolute atomic E-state index is 6.03. The molecule has 0 fully saturated rings. The molecule has 0 saturated heterocycles. The highest BCUT2D eigenvalue weighted by molar-refractivity contribution is 8.19. The number of hydrogen-bond donors (Lipinski definition) is 1. The molecule has 0 spiro atoms. The Bertz CT molecular complexity index is 909. The summed E-state index contributed by atoms with van der Waals surface area (Å²) in [6.07, 6.45) is 1.94. The molecule has 1 N–H and O–H groups in total. The maximum Gasteiger partial charge on any atom is 0.172 e. The van der Waals surface area contributed by atoms with Gasteiger partial charge in [0, 0.05) is 27.4 Å². The quantitative estimate of drug-likeness (QED) is 0.489. The highest BCUT2D eigenvalue weighted by Crippen LogP contribution is 2.34. The van der Waals surface area contributed by atoms with E-state index in [1.54, 1.807) is 32.4 Å². The molecule has 26 heavy (non-hydrogen) atoms. The lowest BCUT2D eigenvalue weighted by atomic mass is 10.1. The summed E-state index contributed by atoms with van der Waals surface area (Å²) in [7, 11) is 3.23. The van der Waals surface area contributed by atoms with E-state index in [0.29, 0.717) is 26.0 Å². The van der Waals surface area contributed by atoms with Crippen molar-refractivity contribution in [3.63, 3.8) is 0 Å². The van der Waals surface area contributed by atoms with E-state index in [0.717, 1.165) is 21.9 Å². The molecule has 0 unspecified atom stereocenters. The van der Waals surface area contributed by atoms with Crippen LogP contribution in [0, 0.1) is 0 Å². The number of hydrogen-bond acceptors (Lipinski definition) is 5. The number of rotatable bonds is 4. The first kappa shape index (κ1) is 19.0. The zero-order valence-electron chi connectivity index (χ0n) is 13.9. The van der Waals surface area contributed by atoms with Crippen LogP contribution in [-0.4, -0.2) is 24.4 Å². The van der Waals surface area contributed by atoms with Gasteiger partial charge < -0.3 is 14.8 Å². The fourth-order valence-corrected chi connectivity index (χ4v) is 3.98. The first-order valence-corrected chi connectivity index (χ1v) is 9.44. The van der Waals surface area contributed by atoms with Crippen LogP contribution in [-0.2, 0) is 0 Å². The molecule has 1 aliphatic heterocycles. The predicted molar refractivity (Wildman–Crippen MR) is 115 cm³/mol. The largest absolute Gasteiger partial charge is 0.497 e. The van der Waals surface area contributed by atoms with E-state index >= 15 is 0 Å². The van der Waals surface area contributed by atoms with Gasteiger partial charge in [0.05, 0.1) is 19.1 Å². The molecule has 134 valence electrons. The van der Waals surface area contributed by atoms with Crippen molar-refractivity contribution in [2.75, 3.05) is 19.5 Å². The molecule has 0 radical (unpaired) electrons. The lowest BCUT2D eigenvalue weighted by molar-refractivity contribution is 0.394. The molecule has 0 aromatic heterocycles. The van der Waals surface area contributed by atoms with Crippen LogP contribution < -0.4 is 14.8 Å². The van der Waals surface area contributed by atoms with Crippen molar-refractivity contribution in [3.8, 4) is 11.5 Å². The number of nitrogens with one attached hydrogen (secondary N) is 1. The third kappa shape index (κ3) is 4.51. The van der Waals surface area contributed by atoms with Gasteiger partial charge in [0.2, 0.25) is 0 Å². The Balaban J connectivity index is 1.80. The van der Waals surface area contributed by atoms with E-state index in [2.05, 4.69) is 10.3 Å². The number of methoxy groups -OCH3 is 2. The van der Waals surface area contributed by atoms with Crippen LogP contribution in [0.2, 0.25) is 10.0 Å². The minimum absolute atomic E-state index is 0.503. The Labute approximate surface area is 171 Å². The van der Waals surface area contributed by atoms with E-state index in [1.807, 2.05) is 24.3 Å². The van der Waals surface area contributed by atoms with Gasteiger partial charge >= 0.3 is 0 Å². The van der Waals surface area contributed by atoms with Crippen molar-refractivity contribution >= 4 is 69.1 Å². The average Bonchev–Trinajstić information content (AvgIpc) is 2.93. The van der Waals surface area contributed by atoms with Gasteiger partial charge in [0.1, 0.15) is 16.5 Å². The third-order valence-electron chi connectivity index (χ3n) is 3.46. The molecule has 3 rings (SSSR count). The first-order chi connectivity index (χ1) is 12.5. The first-order valence-electron chi connectivity index (χ1n) is 7.46. The van der Waals surface area contributed by atoms with Crippen molar-refractivity contribution in [1.82, 2.24) is 0 Å². The Morgan fingerprint density at radius 2 is 1.81 bits per heavy atom. The van der Waals surface area contributed by atoms with Gasteiger partial charge in [0.15, 0.2) is 5.17 Å². The number of amidine groups is 1. The second-order valence-corrected chi connectivity index (χ2v) is 7.51. The van der Waals surface area contributed by atoms with Gasteiger partial charge in [-0.15, -0.1) is 0 Å². The summed E-state index contributed by atoms with van der Waals surface area (Å²) in [4.78, 5) is 5.74. The Morgan fingerprint density at radius 3 is 2.46 bits per heavy atom. The molecule has 2 aromatic rings. The topological polar surface area (TPSA) is 42.8 Å². The highest BCUT2D eigenvalue weighted by Gasteiger charge is 2.19. The molecule has 4 nitrogen and oxygen atoms in total. The molecule has 1 heterocycles. The second-order valence-electron chi connectivity index (χ2n) is 5.22. The van der Waals surface area contributed by atoms with Crippen molar-refractivity contribution in [3.05, 3.63) is 56.9 Å². The number of aliphatic imine (C=N–C) groups is 1. The Hall–Kier alpha value is -1.73. The number of ether oxygens (including phenoxy) is 2. The maximum atomic E-state index is 6.03. The van der Waals surface area contributed by atoms with E-state index < -0.39 is 0 Å². The smallest absolute Gasteiger partial charge is 0.172 e. The predicted octanol–water partition coefficient (Wildman–Crippen LogP) is 5.89.